The molecule has 29 heavy (non-hydrogen) atoms. The number of hydrogen-bond donors (Lipinski definition) is 3. The number of rotatable bonds is 4. The van der Waals surface area contributed by atoms with Gasteiger partial charge >= 0.3 is 5.63 Å². The molecule has 4 rings (SSSR count). The van der Waals surface area contributed by atoms with Crippen molar-refractivity contribution < 1.29 is 19.4 Å². The number of hydrogen-bond acceptors (Lipinski definition) is 5. The number of para-hydroxylation sites is 1. The second-order valence-corrected chi connectivity index (χ2v) is 7.59. The average molecular weight is 396 g/mol. The van der Waals surface area contributed by atoms with Crippen LogP contribution in [-0.4, -0.2) is 51.3 Å². The van der Waals surface area contributed by atoms with Crippen LogP contribution in [0.2, 0.25) is 0 Å². The molecule has 7 heteroatoms. The zero-order chi connectivity index (χ0) is 20.5. The maximum Gasteiger partial charge on any atom is 0.349 e. The monoisotopic (exact) mass is 396 g/mol. The Labute approximate surface area is 167 Å². The van der Waals surface area contributed by atoms with E-state index in [0.29, 0.717) is 24.2 Å². The van der Waals surface area contributed by atoms with Crippen LogP contribution in [0.5, 0.6) is 0 Å². The number of piperidine rings is 1. The van der Waals surface area contributed by atoms with Gasteiger partial charge in [0.15, 0.2) is 0 Å². The average Bonchev–Trinajstić information content (AvgIpc) is 3.11. The molecule has 0 radical (unpaired) electrons. The third kappa shape index (κ3) is 3.83. The van der Waals surface area contributed by atoms with Crippen molar-refractivity contribution in [1.82, 2.24) is 9.88 Å². The zero-order valence-corrected chi connectivity index (χ0v) is 16.2. The van der Waals surface area contributed by atoms with Gasteiger partial charge in [0.2, 0.25) is 0 Å². The van der Waals surface area contributed by atoms with E-state index in [9.17, 15) is 19.8 Å². The Morgan fingerprint density at radius 3 is 2.79 bits per heavy atom. The number of aromatic nitrogens is 1. The molecule has 1 aliphatic heterocycles. The number of likely N-dealkylation sites (tertiary alicyclic amines) is 1. The predicted octanol–water partition coefficient (Wildman–Crippen LogP) is 1.78. The highest BCUT2D eigenvalue weighted by molar-refractivity contribution is 5.95. The van der Waals surface area contributed by atoms with Gasteiger partial charge in [-0.1, -0.05) is 18.2 Å². The molecule has 152 valence electrons. The van der Waals surface area contributed by atoms with Gasteiger partial charge < -0.3 is 24.5 Å². The zero-order valence-electron chi connectivity index (χ0n) is 16.2. The number of benzene rings is 1. The standard InChI is InChI=1S/C22H24N2O5/c1-13-10-15(7-6-14-11-23-17-5-3-2-4-16(14)17)29-22(28)20(13)21(27)24-9-8-18(25)19(26)12-24/h2-5,10-11,18-19,23,25-26H,6-9,12H2,1H3/t18-,19+/m0/s1. The number of aromatic amines is 1. The second-order valence-electron chi connectivity index (χ2n) is 7.59. The highest BCUT2D eigenvalue weighted by Crippen LogP contribution is 2.20. The third-order valence-corrected chi connectivity index (χ3v) is 5.56. The normalized spacial score (nSPS) is 19.6. The molecule has 2 aromatic heterocycles. The molecule has 1 aromatic carbocycles. The van der Waals surface area contributed by atoms with Crippen molar-refractivity contribution in [2.24, 2.45) is 0 Å². The van der Waals surface area contributed by atoms with Crippen molar-refractivity contribution in [3.8, 4) is 0 Å². The van der Waals surface area contributed by atoms with Gasteiger partial charge in [-0.25, -0.2) is 4.79 Å². The van der Waals surface area contributed by atoms with Crippen molar-refractivity contribution >= 4 is 16.8 Å². The van der Waals surface area contributed by atoms with Gasteiger partial charge in [-0.3, -0.25) is 4.79 Å². The molecule has 2 atom stereocenters. The summed E-state index contributed by atoms with van der Waals surface area (Å²) in [5, 5.41) is 20.6. The minimum absolute atomic E-state index is 0.00119. The molecule has 1 amide bonds. The summed E-state index contributed by atoms with van der Waals surface area (Å²) in [5.41, 5.74) is 2.09. The van der Waals surface area contributed by atoms with Gasteiger partial charge in [0.05, 0.1) is 12.2 Å². The topological polar surface area (TPSA) is 107 Å². The summed E-state index contributed by atoms with van der Waals surface area (Å²) in [5.74, 6) is 0.0637. The Kier molecular flexibility index (Phi) is 5.25. The van der Waals surface area contributed by atoms with E-state index in [0.717, 1.165) is 16.5 Å². The second kappa shape index (κ2) is 7.85. The van der Waals surface area contributed by atoms with Crippen LogP contribution in [0.1, 0.15) is 33.7 Å². The number of carbonyl (C=O) groups is 1. The van der Waals surface area contributed by atoms with Crippen LogP contribution in [-0.2, 0) is 12.8 Å². The van der Waals surface area contributed by atoms with Crippen molar-refractivity contribution in [3.63, 3.8) is 0 Å². The number of aliphatic hydroxyl groups is 2. The molecule has 0 unspecified atom stereocenters. The number of β-amino-alcohol motifs (C(OH)–C–C–N with tert-alkyl or cyclic N) is 1. The summed E-state index contributed by atoms with van der Waals surface area (Å²) in [6, 6.07) is 9.76. The smallest absolute Gasteiger partial charge is 0.349 e. The summed E-state index contributed by atoms with van der Waals surface area (Å²) < 4.78 is 5.43. The lowest BCUT2D eigenvalue weighted by molar-refractivity contribution is -0.0322. The van der Waals surface area contributed by atoms with E-state index in [1.54, 1.807) is 13.0 Å². The molecule has 0 spiro atoms. The SMILES string of the molecule is Cc1cc(CCc2c[nH]c3ccccc23)oc(=O)c1C(=O)N1CC[C@H](O)[C@H](O)C1. The van der Waals surface area contributed by atoms with Crippen LogP contribution in [0.3, 0.4) is 0 Å². The summed E-state index contributed by atoms with van der Waals surface area (Å²) in [4.78, 5) is 29.9. The molecule has 3 aromatic rings. The van der Waals surface area contributed by atoms with Crippen LogP contribution >= 0.6 is 0 Å². The van der Waals surface area contributed by atoms with Crippen LogP contribution < -0.4 is 5.63 Å². The summed E-state index contributed by atoms with van der Waals surface area (Å²) in [7, 11) is 0. The lowest BCUT2D eigenvalue weighted by Crippen LogP contribution is -2.49. The number of H-pyrrole nitrogens is 1. The largest absolute Gasteiger partial charge is 0.427 e. The summed E-state index contributed by atoms with van der Waals surface area (Å²) >= 11 is 0. The third-order valence-electron chi connectivity index (χ3n) is 5.56. The molecule has 0 aliphatic carbocycles. The molecule has 1 aliphatic rings. The minimum Gasteiger partial charge on any atom is -0.427 e. The van der Waals surface area contributed by atoms with E-state index in [2.05, 4.69) is 4.98 Å². The number of aryl methyl sites for hydroxylation is 3. The summed E-state index contributed by atoms with van der Waals surface area (Å²) in [6.07, 6.45) is 1.64. The van der Waals surface area contributed by atoms with Crippen LogP contribution in [0.4, 0.5) is 0 Å². The number of nitrogens with one attached hydrogen (secondary N) is 1. The number of fused-ring (bicyclic) bond motifs is 1. The lowest BCUT2D eigenvalue weighted by atomic mass is 10.0. The number of aliphatic hydroxyl groups excluding tert-OH is 2. The molecular weight excluding hydrogens is 372 g/mol. The first-order valence-corrected chi connectivity index (χ1v) is 9.78. The lowest BCUT2D eigenvalue weighted by Gasteiger charge is -2.33. The Bertz CT molecular complexity index is 1100. The van der Waals surface area contributed by atoms with E-state index in [1.165, 1.54) is 4.90 Å². The maximum absolute atomic E-state index is 12.8. The molecule has 1 saturated heterocycles. The van der Waals surface area contributed by atoms with Gasteiger partial charge in [-0.15, -0.1) is 0 Å². The van der Waals surface area contributed by atoms with Crippen LogP contribution in [0.15, 0.2) is 45.7 Å². The first kappa shape index (κ1) is 19.4. The fourth-order valence-corrected chi connectivity index (χ4v) is 3.91. The van der Waals surface area contributed by atoms with E-state index < -0.39 is 23.7 Å². The predicted molar refractivity (Wildman–Crippen MR) is 108 cm³/mol. The first-order valence-electron chi connectivity index (χ1n) is 9.78. The van der Waals surface area contributed by atoms with Crippen LogP contribution in [0.25, 0.3) is 10.9 Å². The Morgan fingerprint density at radius 1 is 1.24 bits per heavy atom. The summed E-state index contributed by atoms with van der Waals surface area (Å²) in [6.45, 7) is 2.01. The fourth-order valence-electron chi connectivity index (χ4n) is 3.91. The Balaban J connectivity index is 1.51. The number of carbonyl (C=O) groups excluding carboxylic acids is 1. The van der Waals surface area contributed by atoms with Crippen molar-refractivity contribution in [3.05, 3.63) is 69.4 Å². The van der Waals surface area contributed by atoms with Crippen molar-refractivity contribution in [1.29, 1.82) is 0 Å². The molecular formula is C22H24N2O5. The molecule has 1 fully saturated rings. The highest BCUT2D eigenvalue weighted by Gasteiger charge is 2.31. The van der Waals surface area contributed by atoms with Gasteiger partial charge in [0.25, 0.3) is 5.91 Å². The molecule has 7 nitrogen and oxygen atoms in total. The van der Waals surface area contributed by atoms with Crippen molar-refractivity contribution in [2.45, 2.75) is 38.4 Å². The highest BCUT2D eigenvalue weighted by atomic mass is 16.4. The molecule has 3 heterocycles. The number of nitrogens with zero attached hydrogens (tertiary/aromatic N) is 1. The van der Waals surface area contributed by atoms with Crippen molar-refractivity contribution in [2.75, 3.05) is 13.1 Å². The van der Waals surface area contributed by atoms with E-state index in [4.69, 9.17) is 4.42 Å². The Morgan fingerprint density at radius 2 is 2.03 bits per heavy atom. The molecule has 0 saturated carbocycles. The number of amides is 1. The quantitative estimate of drug-likeness (QED) is 0.623. The van der Waals surface area contributed by atoms with Gasteiger partial charge in [0.1, 0.15) is 11.3 Å². The Hall–Kier alpha value is -2.90. The van der Waals surface area contributed by atoms with Crippen LogP contribution in [0, 0.1) is 6.92 Å². The minimum atomic E-state index is -1.00. The van der Waals surface area contributed by atoms with Gasteiger partial charge in [0, 0.05) is 36.6 Å². The van der Waals surface area contributed by atoms with Gasteiger partial charge in [-0.2, -0.15) is 0 Å². The first-order chi connectivity index (χ1) is 13.9. The maximum atomic E-state index is 12.8. The molecule has 3 N–H and O–H groups in total. The van der Waals surface area contributed by atoms with E-state index in [1.807, 2.05) is 30.5 Å². The van der Waals surface area contributed by atoms with E-state index in [-0.39, 0.29) is 25.1 Å². The van der Waals surface area contributed by atoms with Gasteiger partial charge in [-0.05, 0) is 43.0 Å². The molecule has 0 bridgehead atoms. The fraction of sp³-hybridized carbons (Fsp3) is 0.364. The van der Waals surface area contributed by atoms with E-state index >= 15 is 0 Å².